The largest absolute Gasteiger partial charge is 0.497 e. The third kappa shape index (κ3) is 7.00. The van der Waals surface area contributed by atoms with Crippen LogP contribution in [-0.2, 0) is 23.8 Å². The highest BCUT2D eigenvalue weighted by molar-refractivity contribution is 6.00. The van der Waals surface area contributed by atoms with Crippen molar-refractivity contribution >= 4 is 35.6 Å². The third-order valence-corrected chi connectivity index (χ3v) is 3.91. The summed E-state index contributed by atoms with van der Waals surface area (Å²) in [5.41, 5.74) is 0.935. The lowest BCUT2D eigenvalue weighted by Gasteiger charge is -2.09. The number of esters is 3. The summed E-state index contributed by atoms with van der Waals surface area (Å²) >= 11 is 0. The number of anilines is 1. The molecule has 0 bridgehead atoms. The first-order valence-corrected chi connectivity index (χ1v) is 8.96. The summed E-state index contributed by atoms with van der Waals surface area (Å²) in [5.74, 6) is -2.15. The summed E-state index contributed by atoms with van der Waals surface area (Å²) in [6.45, 7) is -0.572. The van der Waals surface area contributed by atoms with Crippen molar-refractivity contribution in [1.29, 1.82) is 0 Å². The van der Waals surface area contributed by atoms with Gasteiger partial charge in [0, 0.05) is 11.8 Å². The van der Waals surface area contributed by atoms with E-state index in [1.807, 2.05) is 0 Å². The average molecular weight is 427 g/mol. The van der Waals surface area contributed by atoms with Crippen LogP contribution in [0.4, 0.5) is 5.69 Å². The van der Waals surface area contributed by atoms with Gasteiger partial charge in [0.15, 0.2) is 6.61 Å². The highest BCUT2D eigenvalue weighted by Crippen LogP contribution is 2.17. The van der Waals surface area contributed by atoms with E-state index in [0.29, 0.717) is 5.75 Å². The van der Waals surface area contributed by atoms with E-state index in [1.54, 1.807) is 24.3 Å². The Morgan fingerprint density at radius 1 is 0.903 bits per heavy atom. The van der Waals surface area contributed by atoms with Gasteiger partial charge in [-0.3, -0.25) is 4.79 Å². The second kappa shape index (κ2) is 11.1. The van der Waals surface area contributed by atoms with Crippen LogP contribution in [0.15, 0.2) is 48.5 Å². The van der Waals surface area contributed by atoms with Crippen molar-refractivity contribution in [2.75, 3.05) is 33.3 Å². The molecule has 0 radical (unpaired) electrons. The van der Waals surface area contributed by atoms with Gasteiger partial charge in [0.05, 0.1) is 32.5 Å². The molecule has 0 spiro atoms. The monoisotopic (exact) mass is 427 g/mol. The molecule has 2 aromatic rings. The number of benzene rings is 2. The lowest BCUT2D eigenvalue weighted by molar-refractivity contribution is -0.142. The molecule has 2 rings (SSSR count). The SMILES string of the molecule is COC(=O)c1cc(NC(=O)COC(=O)/C=C/c2cccc(OC)c2)cc(C(=O)OC)c1. The number of hydrogen-bond acceptors (Lipinski definition) is 8. The van der Waals surface area contributed by atoms with E-state index in [9.17, 15) is 19.2 Å². The summed E-state index contributed by atoms with van der Waals surface area (Å²) in [7, 11) is 3.90. The van der Waals surface area contributed by atoms with Crippen LogP contribution in [0.3, 0.4) is 0 Å². The molecule has 0 aliphatic carbocycles. The van der Waals surface area contributed by atoms with Crippen LogP contribution in [0, 0.1) is 0 Å². The minimum Gasteiger partial charge on any atom is -0.497 e. The Kier molecular flexibility index (Phi) is 8.32. The molecule has 0 saturated carbocycles. The van der Waals surface area contributed by atoms with E-state index in [2.05, 4.69) is 14.8 Å². The molecular formula is C22H21NO8. The minimum absolute atomic E-state index is 0.0407. The molecule has 2 aromatic carbocycles. The fraction of sp³-hybridized carbons (Fsp3) is 0.182. The molecule has 31 heavy (non-hydrogen) atoms. The maximum atomic E-state index is 12.1. The fourth-order valence-electron chi connectivity index (χ4n) is 2.46. The zero-order chi connectivity index (χ0) is 22.8. The molecule has 9 heteroatoms. The molecule has 1 N–H and O–H groups in total. The normalized spacial score (nSPS) is 10.3. The Hall–Kier alpha value is -4.14. The van der Waals surface area contributed by atoms with Gasteiger partial charge in [-0.05, 0) is 42.0 Å². The van der Waals surface area contributed by atoms with Crippen molar-refractivity contribution in [2.45, 2.75) is 0 Å². The van der Waals surface area contributed by atoms with Crippen molar-refractivity contribution in [3.63, 3.8) is 0 Å². The number of ether oxygens (including phenoxy) is 4. The molecule has 0 aliphatic heterocycles. The van der Waals surface area contributed by atoms with Crippen molar-refractivity contribution in [3.05, 3.63) is 65.2 Å². The van der Waals surface area contributed by atoms with E-state index >= 15 is 0 Å². The second-order valence-corrected chi connectivity index (χ2v) is 6.05. The summed E-state index contributed by atoms with van der Waals surface area (Å²) in [5, 5.41) is 2.45. The average Bonchev–Trinajstić information content (AvgIpc) is 2.80. The number of carbonyl (C=O) groups excluding carboxylic acids is 4. The summed E-state index contributed by atoms with van der Waals surface area (Å²) in [6, 6.07) is 10.9. The van der Waals surface area contributed by atoms with Gasteiger partial charge in [-0.25, -0.2) is 14.4 Å². The van der Waals surface area contributed by atoms with Crippen LogP contribution in [0.1, 0.15) is 26.3 Å². The highest BCUT2D eigenvalue weighted by atomic mass is 16.5. The Morgan fingerprint density at radius 3 is 2.13 bits per heavy atom. The van der Waals surface area contributed by atoms with Crippen LogP contribution in [0.5, 0.6) is 5.75 Å². The molecule has 0 unspecified atom stereocenters. The van der Waals surface area contributed by atoms with Crippen LogP contribution >= 0.6 is 0 Å². The number of carbonyl (C=O) groups is 4. The summed E-state index contributed by atoms with van der Waals surface area (Å²) in [6.07, 6.45) is 2.69. The number of methoxy groups -OCH3 is 3. The van der Waals surface area contributed by atoms with Gasteiger partial charge in [0.2, 0.25) is 0 Å². The van der Waals surface area contributed by atoms with E-state index in [0.717, 1.165) is 5.56 Å². The van der Waals surface area contributed by atoms with Crippen LogP contribution in [0.25, 0.3) is 6.08 Å². The Bertz CT molecular complexity index is 978. The quantitative estimate of drug-likeness (QED) is 0.388. The maximum absolute atomic E-state index is 12.1. The molecule has 162 valence electrons. The van der Waals surface area contributed by atoms with E-state index in [1.165, 1.54) is 51.7 Å². The van der Waals surface area contributed by atoms with E-state index in [4.69, 9.17) is 9.47 Å². The first kappa shape index (κ1) is 23.1. The molecule has 0 heterocycles. The van der Waals surface area contributed by atoms with Gasteiger partial charge < -0.3 is 24.3 Å². The van der Waals surface area contributed by atoms with Gasteiger partial charge in [-0.2, -0.15) is 0 Å². The van der Waals surface area contributed by atoms with Crippen molar-refractivity contribution in [1.82, 2.24) is 0 Å². The van der Waals surface area contributed by atoms with Crippen molar-refractivity contribution in [2.24, 2.45) is 0 Å². The van der Waals surface area contributed by atoms with Gasteiger partial charge in [0.25, 0.3) is 5.91 Å². The Labute approximate surface area is 178 Å². The first-order valence-electron chi connectivity index (χ1n) is 8.96. The predicted molar refractivity (Wildman–Crippen MR) is 111 cm³/mol. The molecule has 9 nitrogen and oxygen atoms in total. The van der Waals surface area contributed by atoms with Crippen LogP contribution in [-0.4, -0.2) is 51.8 Å². The molecule has 0 atom stereocenters. The van der Waals surface area contributed by atoms with Gasteiger partial charge in [-0.1, -0.05) is 12.1 Å². The van der Waals surface area contributed by atoms with E-state index in [-0.39, 0.29) is 16.8 Å². The molecular weight excluding hydrogens is 406 g/mol. The van der Waals surface area contributed by atoms with Crippen LogP contribution < -0.4 is 10.1 Å². The third-order valence-electron chi connectivity index (χ3n) is 3.91. The summed E-state index contributed by atoms with van der Waals surface area (Å²) in [4.78, 5) is 47.5. The fourth-order valence-corrected chi connectivity index (χ4v) is 2.46. The predicted octanol–water partition coefficient (Wildman–Crippen LogP) is 2.46. The maximum Gasteiger partial charge on any atom is 0.337 e. The van der Waals surface area contributed by atoms with Crippen molar-refractivity contribution in [3.8, 4) is 5.75 Å². The van der Waals surface area contributed by atoms with Gasteiger partial charge in [0.1, 0.15) is 5.75 Å². The standard InChI is InChI=1S/C22H21NO8/c1-28-18-6-4-5-14(9-18)7-8-20(25)31-13-19(24)23-17-11-15(21(26)29-2)10-16(12-17)22(27)30-3/h4-12H,13H2,1-3H3,(H,23,24)/b8-7+. The number of rotatable bonds is 8. The van der Waals surface area contributed by atoms with Gasteiger partial charge >= 0.3 is 17.9 Å². The lowest BCUT2D eigenvalue weighted by atomic mass is 10.1. The molecule has 0 fully saturated rings. The number of nitrogens with one attached hydrogen (secondary N) is 1. The van der Waals surface area contributed by atoms with Crippen molar-refractivity contribution < 1.29 is 38.1 Å². The molecule has 1 amide bonds. The molecule has 0 aromatic heterocycles. The lowest BCUT2D eigenvalue weighted by Crippen LogP contribution is -2.20. The Balaban J connectivity index is 1.99. The van der Waals surface area contributed by atoms with E-state index < -0.39 is 30.4 Å². The zero-order valence-corrected chi connectivity index (χ0v) is 17.2. The first-order chi connectivity index (χ1) is 14.9. The molecule has 0 saturated heterocycles. The van der Waals surface area contributed by atoms with Crippen LogP contribution in [0.2, 0.25) is 0 Å². The Morgan fingerprint density at radius 2 is 1.55 bits per heavy atom. The number of hydrogen-bond donors (Lipinski definition) is 1. The van der Waals surface area contributed by atoms with Gasteiger partial charge in [-0.15, -0.1) is 0 Å². The summed E-state index contributed by atoms with van der Waals surface area (Å²) < 4.78 is 19.3. The second-order valence-electron chi connectivity index (χ2n) is 6.05. The highest BCUT2D eigenvalue weighted by Gasteiger charge is 2.15. The number of amides is 1. The molecule has 0 aliphatic rings. The minimum atomic E-state index is -0.725. The zero-order valence-electron chi connectivity index (χ0n) is 17.2. The smallest absolute Gasteiger partial charge is 0.337 e. The topological polar surface area (TPSA) is 117 Å².